The first-order chi connectivity index (χ1) is 13.5. The number of carbonyl (C=O) groups excluding carboxylic acids is 1. The van der Waals surface area contributed by atoms with Crippen molar-refractivity contribution >= 4 is 11.6 Å². The summed E-state index contributed by atoms with van der Waals surface area (Å²) in [5.41, 5.74) is 2.31. The first-order valence-corrected chi connectivity index (χ1v) is 9.74. The molecule has 2 heterocycles. The van der Waals surface area contributed by atoms with Crippen LogP contribution in [0, 0.1) is 16.0 Å². The predicted octanol–water partition coefficient (Wildman–Crippen LogP) is 2.73. The van der Waals surface area contributed by atoms with E-state index in [-0.39, 0.29) is 18.0 Å². The molecule has 1 aromatic heterocycles. The van der Waals surface area contributed by atoms with Gasteiger partial charge in [-0.25, -0.2) is 0 Å². The highest BCUT2D eigenvalue weighted by Gasteiger charge is 2.17. The molecule has 0 saturated carbocycles. The van der Waals surface area contributed by atoms with Crippen LogP contribution in [0.5, 0.6) is 0 Å². The number of hydrogen-bond acceptors (Lipinski definition) is 5. The van der Waals surface area contributed by atoms with Gasteiger partial charge in [0, 0.05) is 32.6 Å². The van der Waals surface area contributed by atoms with Crippen molar-refractivity contribution in [1.29, 1.82) is 0 Å². The first-order valence-electron chi connectivity index (χ1n) is 9.74. The minimum absolute atomic E-state index is 0.0682. The maximum atomic E-state index is 12.2. The summed E-state index contributed by atoms with van der Waals surface area (Å²) in [7, 11) is 0. The summed E-state index contributed by atoms with van der Waals surface area (Å²) in [6.07, 6.45) is 5.29. The standard InChI is InChI=1S/C20H27N5O3/c1-16-5-4-9-23(13-16)14-18-7-3-2-6-17(18)11-21-20(26)8-10-24-15-19(12-22-24)25(27)28/h2-3,6-7,12,15-16H,4-5,8-11,13-14H2,1H3,(H,21,26). The molecule has 1 saturated heterocycles. The molecule has 2 aromatic rings. The average Bonchev–Trinajstić information content (AvgIpc) is 3.15. The Morgan fingerprint density at radius 1 is 1.36 bits per heavy atom. The van der Waals surface area contributed by atoms with Gasteiger partial charge in [0.2, 0.25) is 5.91 Å². The van der Waals surface area contributed by atoms with E-state index in [9.17, 15) is 14.9 Å². The molecule has 150 valence electrons. The van der Waals surface area contributed by atoms with E-state index in [0.717, 1.165) is 31.1 Å². The Morgan fingerprint density at radius 3 is 2.86 bits per heavy atom. The number of aryl methyl sites for hydroxylation is 1. The molecule has 0 bridgehead atoms. The molecule has 3 rings (SSSR count). The van der Waals surface area contributed by atoms with Crippen molar-refractivity contribution in [3.8, 4) is 0 Å². The van der Waals surface area contributed by atoms with Gasteiger partial charge in [-0.2, -0.15) is 5.10 Å². The van der Waals surface area contributed by atoms with Gasteiger partial charge in [-0.3, -0.25) is 24.5 Å². The van der Waals surface area contributed by atoms with Gasteiger partial charge >= 0.3 is 5.69 Å². The number of nitrogens with one attached hydrogen (secondary N) is 1. The largest absolute Gasteiger partial charge is 0.352 e. The van der Waals surface area contributed by atoms with E-state index in [1.54, 1.807) is 0 Å². The smallest absolute Gasteiger partial charge is 0.306 e. The maximum absolute atomic E-state index is 12.2. The van der Waals surface area contributed by atoms with Gasteiger partial charge in [-0.1, -0.05) is 31.2 Å². The highest BCUT2D eigenvalue weighted by molar-refractivity contribution is 5.75. The molecule has 1 fully saturated rings. The number of amides is 1. The molecule has 1 atom stereocenters. The summed E-state index contributed by atoms with van der Waals surface area (Å²) in [5, 5.41) is 17.5. The van der Waals surface area contributed by atoms with Gasteiger partial charge in [0.1, 0.15) is 12.4 Å². The third-order valence-corrected chi connectivity index (χ3v) is 5.13. The fourth-order valence-corrected chi connectivity index (χ4v) is 3.62. The lowest BCUT2D eigenvalue weighted by atomic mass is 9.99. The summed E-state index contributed by atoms with van der Waals surface area (Å²) < 4.78 is 1.42. The topological polar surface area (TPSA) is 93.3 Å². The number of hydrogen-bond donors (Lipinski definition) is 1. The molecular formula is C20H27N5O3. The van der Waals surface area contributed by atoms with E-state index < -0.39 is 4.92 Å². The molecule has 0 radical (unpaired) electrons. The zero-order valence-corrected chi connectivity index (χ0v) is 16.2. The molecule has 8 heteroatoms. The van der Waals surface area contributed by atoms with E-state index in [0.29, 0.717) is 13.1 Å². The van der Waals surface area contributed by atoms with Gasteiger partial charge in [0.15, 0.2) is 0 Å². The number of likely N-dealkylation sites (tertiary alicyclic amines) is 1. The van der Waals surface area contributed by atoms with E-state index in [1.165, 1.54) is 35.5 Å². The fraction of sp³-hybridized carbons (Fsp3) is 0.500. The van der Waals surface area contributed by atoms with E-state index in [4.69, 9.17) is 0 Å². The van der Waals surface area contributed by atoms with Crippen LogP contribution in [0.25, 0.3) is 0 Å². The molecule has 8 nitrogen and oxygen atoms in total. The van der Waals surface area contributed by atoms with Crippen LogP contribution in [0.2, 0.25) is 0 Å². The highest BCUT2D eigenvalue weighted by atomic mass is 16.6. The van der Waals surface area contributed by atoms with Crippen molar-refractivity contribution in [1.82, 2.24) is 20.0 Å². The highest BCUT2D eigenvalue weighted by Crippen LogP contribution is 2.19. The number of carbonyl (C=O) groups is 1. The third kappa shape index (κ3) is 5.63. The first kappa shape index (κ1) is 20.0. The van der Waals surface area contributed by atoms with Crippen LogP contribution >= 0.6 is 0 Å². The van der Waals surface area contributed by atoms with Gasteiger partial charge in [-0.05, 0) is 36.4 Å². The number of piperidine rings is 1. The lowest BCUT2D eigenvalue weighted by molar-refractivity contribution is -0.385. The average molecular weight is 385 g/mol. The Labute approximate surface area is 164 Å². The molecule has 1 amide bonds. The van der Waals surface area contributed by atoms with Crippen LogP contribution in [0.3, 0.4) is 0 Å². The summed E-state index contributed by atoms with van der Waals surface area (Å²) >= 11 is 0. The monoisotopic (exact) mass is 385 g/mol. The van der Waals surface area contributed by atoms with Crippen LogP contribution in [0.1, 0.15) is 37.3 Å². The van der Waals surface area contributed by atoms with E-state index in [2.05, 4.69) is 34.4 Å². The van der Waals surface area contributed by atoms with Crippen LogP contribution < -0.4 is 5.32 Å². The molecule has 0 aliphatic carbocycles. The summed E-state index contributed by atoms with van der Waals surface area (Å²) in [6.45, 7) is 6.25. The second-order valence-corrected chi connectivity index (χ2v) is 7.50. The van der Waals surface area contributed by atoms with Gasteiger partial charge in [0.25, 0.3) is 0 Å². The van der Waals surface area contributed by atoms with Gasteiger partial charge in [-0.15, -0.1) is 0 Å². The molecule has 1 unspecified atom stereocenters. The minimum atomic E-state index is -0.496. The molecule has 28 heavy (non-hydrogen) atoms. The zero-order valence-electron chi connectivity index (χ0n) is 16.2. The Hall–Kier alpha value is -2.74. The minimum Gasteiger partial charge on any atom is -0.352 e. The number of rotatable bonds is 8. The van der Waals surface area contributed by atoms with Gasteiger partial charge < -0.3 is 5.32 Å². The van der Waals surface area contributed by atoms with Crippen molar-refractivity contribution in [2.45, 2.75) is 45.8 Å². The quantitative estimate of drug-likeness (QED) is 0.557. The molecule has 1 aliphatic rings. The Balaban J connectivity index is 1.49. The van der Waals surface area contributed by atoms with Crippen LogP contribution in [-0.4, -0.2) is 38.6 Å². The summed E-state index contributed by atoms with van der Waals surface area (Å²) in [6, 6.07) is 8.22. The second-order valence-electron chi connectivity index (χ2n) is 7.50. The van der Waals surface area contributed by atoms with Crippen LogP contribution in [0.4, 0.5) is 5.69 Å². The zero-order chi connectivity index (χ0) is 19.9. The molecular weight excluding hydrogens is 358 g/mol. The Morgan fingerprint density at radius 2 is 2.14 bits per heavy atom. The van der Waals surface area contributed by atoms with E-state index >= 15 is 0 Å². The normalized spacial score (nSPS) is 17.4. The van der Waals surface area contributed by atoms with Crippen LogP contribution in [-0.2, 0) is 24.4 Å². The number of nitrogens with zero attached hydrogens (tertiary/aromatic N) is 4. The third-order valence-electron chi connectivity index (χ3n) is 5.13. The summed E-state index contributed by atoms with van der Waals surface area (Å²) in [4.78, 5) is 24.8. The van der Waals surface area contributed by atoms with Crippen molar-refractivity contribution < 1.29 is 9.72 Å². The van der Waals surface area contributed by atoms with Crippen molar-refractivity contribution in [2.75, 3.05) is 13.1 Å². The van der Waals surface area contributed by atoms with E-state index in [1.807, 2.05) is 12.1 Å². The SMILES string of the molecule is CC1CCCN(Cc2ccccc2CNC(=O)CCn2cc([N+](=O)[O-])cn2)C1. The lowest BCUT2D eigenvalue weighted by Gasteiger charge is -2.31. The molecule has 1 N–H and O–H groups in total. The lowest BCUT2D eigenvalue weighted by Crippen LogP contribution is -2.34. The fourth-order valence-electron chi connectivity index (χ4n) is 3.62. The summed E-state index contributed by atoms with van der Waals surface area (Å²) in [5.74, 6) is 0.637. The Kier molecular flexibility index (Phi) is 6.76. The van der Waals surface area contributed by atoms with Crippen LogP contribution in [0.15, 0.2) is 36.7 Å². The predicted molar refractivity (Wildman–Crippen MR) is 105 cm³/mol. The number of nitro groups is 1. The molecule has 0 spiro atoms. The maximum Gasteiger partial charge on any atom is 0.306 e. The Bertz CT molecular complexity index is 820. The second kappa shape index (κ2) is 9.45. The van der Waals surface area contributed by atoms with Crippen molar-refractivity contribution in [3.63, 3.8) is 0 Å². The number of aromatic nitrogens is 2. The van der Waals surface area contributed by atoms with Crippen molar-refractivity contribution in [3.05, 3.63) is 57.9 Å². The molecule has 1 aliphatic heterocycles. The molecule has 1 aromatic carbocycles. The van der Waals surface area contributed by atoms with Gasteiger partial charge in [0.05, 0.1) is 4.92 Å². The van der Waals surface area contributed by atoms with Crippen molar-refractivity contribution in [2.24, 2.45) is 5.92 Å². The number of benzene rings is 1.